The van der Waals surface area contributed by atoms with E-state index in [9.17, 15) is 0 Å². The van der Waals surface area contributed by atoms with Gasteiger partial charge >= 0.3 is 0 Å². The first-order chi connectivity index (χ1) is 9.92. The van der Waals surface area contributed by atoms with E-state index in [0.717, 1.165) is 44.2 Å². The fourth-order valence-electron chi connectivity index (χ4n) is 2.27. The summed E-state index contributed by atoms with van der Waals surface area (Å²) in [6, 6.07) is 3.97. The topological polar surface area (TPSA) is 55.2 Å². The molecule has 0 atom stereocenters. The van der Waals surface area contributed by atoms with Crippen LogP contribution in [-0.2, 0) is 6.54 Å². The monoisotopic (exact) mass is 273 g/mol. The van der Waals surface area contributed by atoms with Gasteiger partial charge < -0.3 is 15.0 Å². The van der Waals surface area contributed by atoms with Crippen LogP contribution in [0.5, 0.6) is 5.75 Å². The van der Waals surface area contributed by atoms with Crippen LogP contribution in [0.3, 0.4) is 0 Å². The van der Waals surface area contributed by atoms with Gasteiger partial charge in [0.2, 0.25) is 0 Å². The first kappa shape index (κ1) is 12.9. The molecule has 106 valence electrons. The predicted octanol–water partition coefficient (Wildman–Crippen LogP) is 0.767. The van der Waals surface area contributed by atoms with E-state index >= 15 is 0 Å². The summed E-state index contributed by atoms with van der Waals surface area (Å²) in [6.07, 6.45) is 7.35. The maximum Gasteiger partial charge on any atom is 0.139 e. The molecule has 1 fully saturated rings. The molecule has 0 amide bonds. The molecule has 6 heteroatoms. The van der Waals surface area contributed by atoms with Crippen molar-refractivity contribution >= 4 is 5.69 Å². The molecule has 0 saturated carbocycles. The second kappa shape index (κ2) is 6.38. The summed E-state index contributed by atoms with van der Waals surface area (Å²) in [5, 5.41) is 7.49. The molecular formula is C14H19N5O. The number of aromatic nitrogens is 3. The number of pyridine rings is 1. The van der Waals surface area contributed by atoms with Crippen LogP contribution in [0.15, 0.2) is 36.9 Å². The first-order valence-corrected chi connectivity index (χ1v) is 6.93. The lowest BCUT2D eigenvalue weighted by Crippen LogP contribution is -2.43. The zero-order valence-electron chi connectivity index (χ0n) is 11.4. The van der Waals surface area contributed by atoms with Gasteiger partial charge in [0.25, 0.3) is 0 Å². The van der Waals surface area contributed by atoms with Gasteiger partial charge in [-0.1, -0.05) is 0 Å². The summed E-state index contributed by atoms with van der Waals surface area (Å²) >= 11 is 0. The lowest BCUT2D eigenvalue weighted by atomic mass is 10.3. The van der Waals surface area contributed by atoms with Crippen molar-refractivity contribution in [1.82, 2.24) is 20.1 Å². The van der Waals surface area contributed by atoms with E-state index in [1.54, 1.807) is 12.4 Å². The molecule has 6 nitrogen and oxygen atoms in total. The number of piperazine rings is 1. The van der Waals surface area contributed by atoms with Gasteiger partial charge in [-0.25, -0.2) is 0 Å². The van der Waals surface area contributed by atoms with Crippen molar-refractivity contribution in [3.8, 4) is 5.75 Å². The molecular weight excluding hydrogens is 254 g/mol. The van der Waals surface area contributed by atoms with Crippen LogP contribution < -0.4 is 15.0 Å². The summed E-state index contributed by atoms with van der Waals surface area (Å²) < 4.78 is 7.60. The molecule has 0 bridgehead atoms. The van der Waals surface area contributed by atoms with Crippen molar-refractivity contribution in [3.05, 3.63) is 36.9 Å². The molecule has 2 aromatic heterocycles. The van der Waals surface area contributed by atoms with Crippen molar-refractivity contribution in [2.45, 2.75) is 6.54 Å². The minimum atomic E-state index is 0.592. The zero-order valence-corrected chi connectivity index (χ0v) is 11.4. The van der Waals surface area contributed by atoms with Crippen LogP contribution in [-0.4, -0.2) is 47.6 Å². The largest absolute Gasteiger partial charge is 0.490 e. The maximum absolute atomic E-state index is 5.75. The third kappa shape index (κ3) is 3.27. The van der Waals surface area contributed by atoms with Crippen LogP contribution in [0, 0.1) is 0 Å². The Morgan fingerprint density at radius 1 is 1.25 bits per heavy atom. The molecule has 20 heavy (non-hydrogen) atoms. The highest BCUT2D eigenvalue weighted by Crippen LogP contribution is 2.19. The van der Waals surface area contributed by atoms with Crippen LogP contribution in [0.25, 0.3) is 0 Å². The van der Waals surface area contributed by atoms with Gasteiger partial charge in [-0.05, 0) is 6.07 Å². The number of rotatable bonds is 5. The summed E-state index contributed by atoms with van der Waals surface area (Å²) in [5.74, 6) is 0.813. The standard InChI is InChI=1S/C14H19N5O/c1-2-17-19(5-1)8-9-20-14-10-13(11-16-12-14)18-6-3-15-4-7-18/h1-2,5,10-12,15H,3-4,6-9H2. The van der Waals surface area contributed by atoms with Crippen LogP contribution in [0.4, 0.5) is 5.69 Å². The van der Waals surface area contributed by atoms with Crippen LogP contribution in [0.1, 0.15) is 0 Å². The molecule has 0 aliphatic carbocycles. The van der Waals surface area contributed by atoms with Gasteiger partial charge in [0, 0.05) is 44.6 Å². The van der Waals surface area contributed by atoms with E-state index < -0.39 is 0 Å². The highest BCUT2D eigenvalue weighted by Gasteiger charge is 2.11. The summed E-state index contributed by atoms with van der Waals surface area (Å²) in [4.78, 5) is 6.59. The smallest absolute Gasteiger partial charge is 0.139 e. The van der Waals surface area contributed by atoms with E-state index in [1.165, 1.54) is 0 Å². The molecule has 0 spiro atoms. The fraction of sp³-hybridized carbons (Fsp3) is 0.429. The number of ether oxygens (including phenoxy) is 1. The SMILES string of the molecule is c1cnn(CCOc2cncc(N3CCNCC3)c2)c1. The number of hydrogen-bond acceptors (Lipinski definition) is 5. The summed E-state index contributed by atoms with van der Waals surface area (Å²) in [6.45, 7) is 5.39. The summed E-state index contributed by atoms with van der Waals surface area (Å²) in [7, 11) is 0. The Labute approximate surface area is 118 Å². The number of anilines is 1. The highest BCUT2D eigenvalue weighted by molar-refractivity contribution is 5.48. The molecule has 1 N–H and O–H groups in total. The van der Waals surface area contributed by atoms with E-state index in [2.05, 4.69) is 26.4 Å². The van der Waals surface area contributed by atoms with E-state index in [1.807, 2.05) is 23.1 Å². The van der Waals surface area contributed by atoms with Crippen molar-refractivity contribution in [2.75, 3.05) is 37.7 Å². The Morgan fingerprint density at radius 3 is 2.95 bits per heavy atom. The zero-order chi connectivity index (χ0) is 13.6. The van der Waals surface area contributed by atoms with Crippen molar-refractivity contribution < 1.29 is 4.74 Å². The lowest BCUT2D eigenvalue weighted by molar-refractivity contribution is 0.290. The average molecular weight is 273 g/mol. The van der Waals surface area contributed by atoms with Crippen LogP contribution >= 0.6 is 0 Å². The van der Waals surface area contributed by atoms with Crippen molar-refractivity contribution in [3.63, 3.8) is 0 Å². The molecule has 2 aromatic rings. The molecule has 0 aromatic carbocycles. The van der Waals surface area contributed by atoms with Crippen molar-refractivity contribution in [2.24, 2.45) is 0 Å². The van der Waals surface area contributed by atoms with E-state index in [0.29, 0.717) is 6.61 Å². The maximum atomic E-state index is 5.75. The molecule has 0 unspecified atom stereocenters. The minimum Gasteiger partial charge on any atom is -0.490 e. The molecule has 3 heterocycles. The quantitative estimate of drug-likeness (QED) is 0.872. The molecule has 3 rings (SSSR count). The predicted molar refractivity (Wildman–Crippen MR) is 77.0 cm³/mol. The number of nitrogens with one attached hydrogen (secondary N) is 1. The Balaban J connectivity index is 1.56. The third-order valence-corrected chi connectivity index (χ3v) is 3.33. The normalized spacial score (nSPS) is 15.3. The third-order valence-electron chi connectivity index (χ3n) is 3.33. The van der Waals surface area contributed by atoms with Gasteiger partial charge in [-0.3, -0.25) is 9.67 Å². The van der Waals surface area contributed by atoms with Gasteiger partial charge in [0.15, 0.2) is 0 Å². The molecule has 1 aliphatic rings. The Hall–Kier alpha value is -2.08. The Morgan fingerprint density at radius 2 is 2.15 bits per heavy atom. The number of nitrogens with zero attached hydrogens (tertiary/aromatic N) is 4. The van der Waals surface area contributed by atoms with Gasteiger partial charge in [0.1, 0.15) is 12.4 Å². The lowest BCUT2D eigenvalue weighted by Gasteiger charge is -2.29. The van der Waals surface area contributed by atoms with Gasteiger partial charge in [-0.2, -0.15) is 5.10 Å². The number of hydrogen-bond donors (Lipinski definition) is 1. The highest BCUT2D eigenvalue weighted by atomic mass is 16.5. The van der Waals surface area contributed by atoms with Gasteiger partial charge in [0.05, 0.1) is 24.6 Å². The van der Waals surface area contributed by atoms with Crippen LogP contribution in [0.2, 0.25) is 0 Å². The van der Waals surface area contributed by atoms with E-state index in [4.69, 9.17) is 4.74 Å². The van der Waals surface area contributed by atoms with Gasteiger partial charge in [-0.15, -0.1) is 0 Å². The van der Waals surface area contributed by atoms with Crippen molar-refractivity contribution in [1.29, 1.82) is 0 Å². The minimum absolute atomic E-state index is 0.592. The molecule has 1 aliphatic heterocycles. The Kier molecular flexibility index (Phi) is 4.13. The fourth-order valence-corrected chi connectivity index (χ4v) is 2.27. The summed E-state index contributed by atoms with van der Waals surface area (Å²) in [5.41, 5.74) is 1.13. The second-order valence-corrected chi connectivity index (χ2v) is 4.73. The first-order valence-electron chi connectivity index (χ1n) is 6.93. The average Bonchev–Trinajstić information content (AvgIpc) is 3.02. The van der Waals surface area contributed by atoms with E-state index in [-0.39, 0.29) is 0 Å². The molecule has 1 saturated heterocycles. The Bertz CT molecular complexity index is 522. The second-order valence-electron chi connectivity index (χ2n) is 4.73. The molecule has 0 radical (unpaired) electrons.